The van der Waals surface area contributed by atoms with Crippen molar-refractivity contribution in [3.63, 3.8) is 0 Å². The molecule has 0 amide bonds. The van der Waals surface area contributed by atoms with Gasteiger partial charge in [0.1, 0.15) is 0 Å². The molecule has 0 fully saturated rings. The number of hydrazine groups is 1. The van der Waals surface area contributed by atoms with E-state index in [1.54, 1.807) is 11.3 Å². The summed E-state index contributed by atoms with van der Waals surface area (Å²) in [5, 5.41) is 2.84. The van der Waals surface area contributed by atoms with Gasteiger partial charge in [-0.05, 0) is 6.42 Å². The molecule has 1 aromatic rings. The van der Waals surface area contributed by atoms with Crippen molar-refractivity contribution in [3.8, 4) is 0 Å². The van der Waals surface area contributed by atoms with Gasteiger partial charge in [-0.25, -0.2) is 10.8 Å². The van der Waals surface area contributed by atoms with Crippen molar-refractivity contribution in [1.29, 1.82) is 0 Å². The van der Waals surface area contributed by atoms with Crippen LogP contribution >= 0.6 is 11.3 Å². The van der Waals surface area contributed by atoms with Crippen LogP contribution in [0.3, 0.4) is 0 Å². The molecule has 68 valence electrons. The SMILES string of the molecule is CCC(C)(C)c1csc(NN)n1. The second-order valence-corrected chi connectivity index (χ2v) is 4.28. The summed E-state index contributed by atoms with van der Waals surface area (Å²) in [5.74, 6) is 5.25. The number of hydrogen-bond donors (Lipinski definition) is 2. The highest BCUT2D eigenvalue weighted by atomic mass is 32.1. The molecule has 0 aliphatic carbocycles. The summed E-state index contributed by atoms with van der Waals surface area (Å²) in [6, 6.07) is 0. The Kier molecular flexibility index (Phi) is 2.69. The molecule has 4 heteroatoms. The van der Waals surface area contributed by atoms with E-state index in [1.807, 2.05) is 0 Å². The molecule has 0 radical (unpaired) electrons. The highest BCUT2D eigenvalue weighted by molar-refractivity contribution is 7.13. The topological polar surface area (TPSA) is 50.9 Å². The van der Waals surface area contributed by atoms with E-state index in [1.165, 1.54) is 0 Å². The van der Waals surface area contributed by atoms with Gasteiger partial charge in [0.05, 0.1) is 5.69 Å². The number of thiazole rings is 1. The van der Waals surface area contributed by atoms with Crippen molar-refractivity contribution in [1.82, 2.24) is 4.98 Å². The maximum Gasteiger partial charge on any atom is 0.197 e. The predicted molar refractivity (Wildman–Crippen MR) is 53.2 cm³/mol. The summed E-state index contributed by atoms with van der Waals surface area (Å²) in [4.78, 5) is 4.35. The number of hydrogen-bond acceptors (Lipinski definition) is 4. The van der Waals surface area contributed by atoms with Crippen LogP contribution in [0, 0.1) is 0 Å². The van der Waals surface area contributed by atoms with Gasteiger partial charge in [-0.1, -0.05) is 20.8 Å². The van der Waals surface area contributed by atoms with Gasteiger partial charge in [-0.3, -0.25) is 5.43 Å². The fourth-order valence-corrected chi connectivity index (χ4v) is 1.65. The smallest absolute Gasteiger partial charge is 0.197 e. The highest BCUT2D eigenvalue weighted by Crippen LogP contribution is 2.28. The summed E-state index contributed by atoms with van der Waals surface area (Å²) in [6.07, 6.45) is 1.08. The Morgan fingerprint density at radius 3 is 2.75 bits per heavy atom. The van der Waals surface area contributed by atoms with Crippen molar-refractivity contribution < 1.29 is 0 Å². The number of nitrogens with two attached hydrogens (primary N) is 1. The molecule has 1 aromatic heterocycles. The van der Waals surface area contributed by atoms with Crippen LogP contribution in [-0.4, -0.2) is 4.98 Å². The average Bonchev–Trinajstić information content (AvgIpc) is 2.52. The minimum Gasteiger partial charge on any atom is -0.300 e. The van der Waals surface area contributed by atoms with Crippen LogP contribution in [0.5, 0.6) is 0 Å². The van der Waals surface area contributed by atoms with Gasteiger partial charge in [0.2, 0.25) is 0 Å². The Labute approximate surface area is 77.0 Å². The third-order valence-electron chi connectivity index (χ3n) is 2.20. The number of aromatic nitrogens is 1. The Balaban J connectivity index is 2.88. The number of anilines is 1. The van der Waals surface area contributed by atoms with E-state index < -0.39 is 0 Å². The summed E-state index contributed by atoms with van der Waals surface area (Å²) in [5.41, 5.74) is 3.82. The molecule has 0 saturated heterocycles. The molecule has 3 N–H and O–H groups in total. The van der Waals surface area contributed by atoms with Crippen molar-refractivity contribution in [3.05, 3.63) is 11.1 Å². The van der Waals surface area contributed by atoms with E-state index in [9.17, 15) is 0 Å². The fourth-order valence-electron chi connectivity index (χ4n) is 0.832. The quantitative estimate of drug-likeness (QED) is 0.560. The molecule has 0 spiro atoms. The summed E-state index contributed by atoms with van der Waals surface area (Å²) in [7, 11) is 0. The molecule has 0 saturated carbocycles. The Morgan fingerprint density at radius 2 is 2.33 bits per heavy atom. The molecule has 0 unspecified atom stereocenters. The molecule has 1 heterocycles. The van der Waals surface area contributed by atoms with Crippen LogP contribution in [-0.2, 0) is 5.41 Å². The Morgan fingerprint density at radius 1 is 1.67 bits per heavy atom. The summed E-state index contributed by atoms with van der Waals surface area (Å²) < 4.78 is 0. The van der Waals surface area contributed by atoms with Gasteiger partial charge in [0, 0.05) is 10.8 Å². The maximum absolute atomic E-state index is 5.25. The first-order valence-corrected chi connectivity index (χ1v) is 4.90. The normalized spacial score (nSPS) is 11.7. The molecular weight excluding hydrogens is 170 g/mol. The van der Waals surface area contributed by atoms with Crippen molar-refractivity contribution in [2.75, 3.05) is 5.43 Å². The van der Waals surface area contributed by atoms with E-state index in [2.05, 4.69) is 36.6 Å². The third kappa shape index (κ3) is 1.76. The van der Waals surface area contributed by atoms with Crippen LogP contribution in [0.1, 0.15) is 32.9 Å². The van der Waals surface area contributed by atoms with E-state index >= 15 is 0 Å². The highest BCUT2D eigenvalue weighted by Gasteiger charge is 2.20. The van der Waals surface area contributed by atoms with Gasteiger partial charge in [-0.15, -0.1) is 11.3 Å². The zero-order valence-electron chi connectivity index (χ0n) is 7.72. The number of nitrogens with one attached hydrogen (secondary N) is 1. The van der Waals surface area contributed by atoms with Crippen LogP contribution in [0.4, 0.5) is 5.13 Å². The van der Waals surface area contributed by atoms with Crippen molar-refractivity contribution in [2.24, 2.45) is 5.84 Å². The Hall–Kier alpha value is -0.610. The molecule has 3 nitrogen and oxygen atoms in total. The molecule has 0 aliphatic rings. The molecule has 0 aromatic carbocycles. The summed E-state index contributed by atoms with van der Waals surface area (Å²) >= 11 is 1.54. The van der Waals surface area contributed by atoms with E-state index in [-0.39, 0.29) is 5.41 Å². The van der Waals surface area contributed by atoms with Gasteiger partial charge in [0.15, 0.2) is 5.13 Å². The van der Waals surface area contributed by atoms with Crippen LogP contribution in [0.25, 0.3) is 0 Å². The lowest BCUT2D eigenvalue weighted by Gasteiger charge is -2.19. The second-order valence-electron chi connectivity index (χ2n) is 3.42. The molecular formula is C8H15N3S. The predicted octanol–water partition coefficient (Wildman–Crippen LogP) is 2.12. The third-order valence-corrected chi connectivity index (χ3v) is 2.98. The minimum atomic E-state index is 0.158. The van der Waals surface area contributed by atoms with Crippen LogP contribution in [0.15, 0.2) is 5.38 Å². The fraction of sp³-hybridized carbons (Fsp3) is 0.625. The standard InChI is InChI=1S/C8H15N3S/c1-4-8(2,3)6-5-12-7(10-6)11-9/h5H,4,9H2,1-3H3,(H,10,11). The second kappa shape index (κ2) is 3.41. The summed E-state index contributed by atoms with van der Waals surface area (Å²) in [6.45, 7) is 6.53. The lowest BCUT2D eigenvalue weighted by atomic mass is 9.87. The monoisotopic (exact) mass is 185 g/mol. The minimum absolute atomic E-state index is 0.158. The first kappa shape index (κ1) is 9.48. The number of rotatable bonds is 3. The zero-order valence-corrected chi connectivity index (χ0v) is 8.53. The zero-order chi connectivity index (χ0) is 9.19. The molecule has 0 atom stereocenters. The van der Waals surface area contributed by atoms with E-state index in [4.69, 9.17) is 5.84 Å². The molecule has 0 bridgehead atoms. The molecule has 12 heavy (non-hydrogen) atoms. The molecule has 0 aliphatic heterocycles. The van der Waals surface area contributed by atoms with Crippen LogP contribution in [0.2, 0.25) is 0 Å². The first-order chi connectivity index (χ1) is 5.60. The van der Waals surface area contributed by atoms with Crippen molar-refractivity contribution in [2.45, 2.75) is 32.6 Å². The largest absolute Gasteiger partial charge is 0.300 e. The lowest BCUT2D eigenvalue weighted by molar-refractivity contribution is 0.493. The van der Waals surface area contributed by atoms with Crippen LogP contribution < -0.4 is 11.3 Å². The molecule has 1 rings (SSSR count). The maximum atomic E-state index is 5.25. The number of nitrogen functional groups attached to an aromatic ring is 1. The number of nitrogens with zero attached hydrogens (tertiary/aromatic N) is 1. The van der Waals surface area contributed by atoms with Gasteiger partial charge >= 0.3 is 0 Å². The van der Waals surface area contributed by atoms with E-state index in [0.29, 0.717) is 0 Å². The van der Waals surface area contributed by atoms with Crippen molar-refractivity contribution >= 4 is 16.5 Å². The Bertz CT molecular complexity index is 255. The van der Waals surface area contributed by atoms with Gasteiger partial charge in [0.25, 0.3) is 0 Å². The first-order valence-electron chi connectivity index (χ1n) is 4.03. The lowest BCUT2D eigenvalue weighted by Crippen LogP contribution is -2.16. The average molecular weight is 185 g/mol. The van der Waals surface area contributed by atoms with Gasteiger partial charge < -0.3 is 0 Å². The van der Waals surface area contributed by atoms with Gasteiger partial charge in [-0.2, -0.15) is 0 Å². The van der Waals surface area contributed by atoms with E-state index in [0.717, 1.165) is 17.2 Å².